The zero-order chi connectivity index (χ0) is 15.9. The van der Waals surface area contributed by atoms with Crippen molar-refractivity contribution < 1.29 is 14.9 Å². The van der Waals surface area contributed by atoms with Crippen molar-refractivity contribution in [2.24, 2.45) is 0 Å². The van der Waals surface area contributed by atoms with E-state index in [0.717, 1.165) is 0 Å². The molecule has 9 heteroatoms. The van der Waals surface area contributed by atoms with Gasteiger partial charge in [0, 0.05) is 12.1 Å². The summed E-state index contributed by atoms with van der Waals surface area (Å²) in [5.41, 5.74) is 0.757. The van der Waals surface area contributed by atoms with Crippen LogP contribution in [0, 0.1) is 0 Å². The molecule has 0 aliphatic carbocycles. The normalized spacial score (nSPS) is 24.8. The van der Waals surface area contributed by atoms with Gasteiger partial charge >= 0.3 is 0 Å². The van der Waals surface area contributed by atoms with Crippen LogP contribution in [0.2, 0.25) is 0 Å². The first-order valence-corrected chi connectivity index (χ1v) is 6.83. The van der Waals surface area contributed by atoms with Gasteiger partial charge in [0.2, 0.25) is 5.95 Å². The Morgan fingerprint density at radius 3 is 3.09 bits per heavy atom. The summed E-state index contributed by atoms with van der Waals surface area (Å²) in [7, 11) is 0. The van der Waals surface area contributed by atoms with Crippen molar-refractivity contribution >= 4 is 17.1 Å². The highest BCUT2D eigenvalue weighted by Gasteiger charge is 2.35. The minimum atomic E-state index is -0.775. The van der Waals surface area contributed by atoms with Crippen molar-refractivity contribution in [2.45, 2.75) is 31.8 Å². The van der Waals surface area contributed by atoms with Gasteiger partial charge in [-0.1, -0.05) is 6.58 Å². The molecule has 1 aliphatic heterocycles. The molecule has 0 amide bonds. The number of anilines is 1. The number of aliphatic hydroxyl groups excluding tert-OH is 2. The Morgan fingerprint density at radius 1 is 1.68 bits per heavy atom. The molecule has 3 heterocycles. The molecule has 4 N–H and O–H groups in total. The SMILES string of the molecule is C=C(C)Nc1nc2c(ncn2[C@H]2C[C@H](O)[C@@H](CO)O2)c(=O)[nH]1. The molecule has 3 atom stereocenters. The summed E-state index contributed by atoms with van der Waals surface area (Å²) in [4.78, 5) is 22.9. The lowest BCUT2D eigenvalue weighted by Crippen LogP contribution is -2.24. The summed E-state index contributed by atoms with van der Waals surface area (Å²) in [6.45, 7) is 5.16. The Balaban J connectivity index is 2.02. The van der Waals surface area contributed by atoms with E-state index in [-0.39, 0.29) is 30.1 Å². The van der Waals surface area contributed by atoms with Crippen LogP contribution in [-0.2, 0) is 4.74 Å². The summed E-state index contributed by atoms with van der Waals surface area (Å²) >= 11 is 0. The van der Waals surface area contributed by atoms with Gasteiger partial charge in [0.25, 0.3) is 5.56 Å². The number of hydrogen-bond acceptors (Lipinski definition) is 7. The number of nitrogens with zero attached hydrogens (tertiary/aromatic N) is 3. The van der Waals surface area contributed by atoms with Gasteiger partial charge in [-0.2, -0.15) is 4.98 Å². The Labute approximate surface area is 125 Å². The first-order valence-electron chi connectivity index (χ1n) is 6.83. The first-order chi connectivity index (χ1) is 10.5. The third-order valence-electron chi connectivity index (χ3n) is 3.46. The largest absolute Gasteiger partial charge is 0.394 e. The number of H-pyrrole nitrogens is 1. The van der Waals surface area contributed by atoms with Crippen LogP contribution in [0.5, 0.6) is 0 Å². The average molecular weight is 307 g/mol. The molecule has 0 aromatic carbocycles. The van der Waals surface area contributed by atoms with Crippen molar-refractivity contribution in [2.75, 3.05) is 11.9 Å². The second-order valence-corrected chi connectivity index (χ2v) is 5.26. The first kappa shape index (κ1) is 14.7. The topological polar surface area (TPSA) is 125 Å². The van der Waals surface area contributed by atoms with Gasteiger partial charge in [-0.3, -0.25) is 14.3 Å². The van der Waals surface area contributed by atoms with Crippen LogP contribution in [0.15, 0.2) is 23.4 Å². The number of imidazole rings is 1. The maximum atomic E-state index is 12.0. The Morgan fingerprint density at radius 2 is 2.45 bits per heavy atom. The van der Waals surface area contributed by atoms with Gasteiger partial charge < -0.3 is 20.3 Å². The molecule has 22 heavy (non-hydrogen) atoms. The Bertz CT molecular complexity index is 767. The van der Waals surface area contributed by atoms with E-state index in [1.54, 1.807) is 11.5 Å². The fourth-order valence-corrected chi connectivity index (χ4v) is 2.45. The number of nitrogens with one attached hydrogen (secondary N) is 2. The van der Waals surface area contributed by atoms with Crippen molar-refractivity contribution in [1.29, 1.82) is 0 Å². The summed E-state index contributed by atoms with van der Waals surface area (Å²) in [6.07, 6.45) is -0.243. The second-order valence-electron chi connectivity index (χ2n) is 5.26. The standard InChI is InChI=1S/C13H17N5O4/c1-6(2)15-13-16-11-10(12(21)17-13)14-5-18(11)9-3-7(20)8(4-19)22-9/h5,7-9,19-20H,1,3-4H2,2H3,(H2,15,16,17,21)/t7-,8+,9+/m0/s1. The van der Waals surface area contributed by atoms with Crippen LogP contribution in [0.4, 0.5) is 5.95 Å². The van der Waals surface area contributed by atoms with E-state index < -0.39 is 18.4 Å². The number of aromatic nitrogens is 4. The van der Waals surface area contributed by atoms with Crippen molar-refractivity contribution in [3.63, 3.8) is 0 Å². The summed E-state index contributed by atoms with van der Waals surface area (Å²) in [5.74, 6) is 0.254. The molecule has 0 bridgehead atoms. The van der Waals surface area contributed by atoms with E-state index in [0.29, 0.717) is 11.3 Å². The lowest BCUT2D eigenvalue weighted by molar-refractivity contribution is -0.0432. The molecule has 2 aromatic heterocycles. The molecule has 2 aromatic rings. The highest BCUT2D eigenvalue weighted by atomic mass is 16.5. The van der Waals surface area contributed by atoms with Gasteiger partial charge in [-0.05, 0) is 6.92 Å². The zero-order valence-corrected chi connectivity index (χ0v) is 12.0. The van der Waals surface area contributed by atoms with Gasteiger partial charge in [-0.25, -0.2) is 4.98 Å². The van der Waals surface area contributed by atoms with E-state index in [9.17, 15) is 9.90 Å². The van der Waals surface area contributed by atoms with Crippen molar-refractivity contribution in [3.8, 4) is 0 Å². The van der Waals surface area contributed by atoms with Crippen LogP contribution in [-0.4, -0.2) is 48.5 Å². The lowest BCUT2D eigenvalue weighted by atomic mass is 10.2. The maximum absolute atomic E-state index is 12.0. The number of aromatic amines is 1. The number of aliphatic hydroxyl groups is 2. The third-order valence-corrected chi connectivity index (χ3v) is 3.46. The van der Waals surface area contributed by atoms with Crippen LogP contribution in [0.25, 0.3) is 11.2 Å². The summed E-state index contributed by atoms with van der Waals surface area (Å²) in [5, 5.41) is 21.8. The van der Waals surface area contributed by atoms with Crippen molar-refractivity contribution in [3.05, 3.63) is 29.0 Å². The second kappa shape index (κ2) is 5.52. The lowest BCUT2D eigenvalue weighted by Gasteiger charge is -2.13. The minimum Gasteiger partial charge on any atom is -0.394 e. The van der Waals surface area contributed by atoms with E-state index in [1.807, 2.05) is 0 Å². The highest BCUT2D eigenvalue weighted by Crippen LogP contribution is 2.30. The molecule has 1 fully saturated rings. The predicted octanol–water partition coefficient (Wildman–Crippen LogP) is -0.294. The number of fused-ring (bicyclic) bond motifs is 1. The van der Waals surface area contributed by atoms with E-state index in [1.165, 1.54) is 6.33 Å². The van der Waals surface area contributed by atoms with Crippen LogP contribution in [0.3, 0.4) is 0 Å². The van der Waals surface area contributed by atoms with Gasteiger partial charge in [-0.15, -0.1) is 0 Å². The molecule has 0 saturated carbocycles. The number of hydrogen-bond donors (Lipinski definition) is 4. The molecule has 1 aliphatic rings. The van der Waals surface area contributed by atoms with E-state index >= 15 is 0 Å². The highest BCUT2D eigenvalue weighted by molar-refractivity contribution is 5.71. The smallest absolute Gasteiger partial charge is 0.280 e. The molecule has 118 valence electrons. The molecule has 1 saturated heterocycles. The van der Waals surface area contributed by atoms with Crippen LogP contribution < -0.4 is 10.9 Å². The molecule has 3 rings (SSSR count). The third kappa shape index (κ3) is 2.49. The minimum absolute atomic E-state index is 0.179. The number of ether oxygens (including phenoxy) is 1. The Kier molecular flexibility index (Phi) is 3.69. The molecule has 0 unspecified atom stereocenters. The zero-order valence-electron chi connectivity index (χ0n) is 12.0. The fourth-order valence-electron chi connectivity index (χ4n) is 2.45. The Hall–Kier alpha value is -2.23. The van der Waals surface area contributed by atoms with Crippen LogP contribution >= 0.6 is 0 Å². The average Bonchev–Trinajstić information content (AvgIpc) is 3.01. The molecule has 0 radical (unpaired) electrons. The number of rotatable bonds is 4. The van der Waals surface area contributed by atoms with Gasteiger partial charge in [0.05, 0.1) is 19.0 Å². The van der Waals surface area contributed by atoms with E-state index in [2.05, 4.69) is 26.8 Å². The molecule has 9 nitrogen and oxygen atoms in total. The molecular formula is C13H17N5O4. The monoisotopic (exact) mass is 307 g/mol. The molecule has 0 spiro atoms. The van der Waals surface area contributed by atoms with E-state index in [4.69, 9.17) is 9.84 Å². The number of allylic oxidation sites excluding steroid dienone is 1. The fraction of sp³-hybridized carbons (Fsp3) is 0.462. The quantitative estimate of drug-likeness (QED) is 0.611. The maximum Gasteiger partial charge on any atom is 0.280 e. The van der Waals surface area contributed by atoms with Crippen LogP contribution in [0.1, 0.15) is 19.6 Å². The summed E-state index contributed by atoms with van der Waals surface area (Å²) in [6, 6.07) is 0. The van der Waals surface area contributed by atoms with Gasteiger partial charge in [0.1, 0.15) is 12.3 Å². The summed E-state index contributed by atoms with van der Waals surface area (Å²) < 4.78 is 7.15. The van der Waals surface area contributed by atoms with Crippen molar-refractivity contribution in [1.82, 2.24) is 19.5 Å². The predicted molar refractivity (Wildman–Crippen MR) is 78.2 cm³/mol. The molecular weight excluding hydrogens is 290 g/mol. The van der Waals surface area contributed by atoms with Gasteiger partial charge in [0.15, 0.2) is 11.2 Å².